The highest BCUT2D eigenvalue weighted by Crippen LogP contribution is 2.40. The molecule has 1 atom stereocenters. The number of aromatic nitrogens is 2. The topological polar surface area (TPSA) is 84.7 Å². The van der Waals surface area contributed by atoms with Crippen LogP contribution in [-0.4, -0.2) is 71.1 Å². The molecule has 0 aromatic carbocycles. The summed E-state index contributed by atoms with van der Waals surface area (Å²) in [5, 5.41) is 0. The predicted molar refractivity (Wildman–Crippen MR) is 89.8 cm³/mol. The van der Waals surface area contributed by atoms with Gasteiger partial charge in [-0.1, -0.05) is 0 Å². The maximum absolute atomic E-state index is 12.9. The molecule has 25 heavy (non-hydrogen) atoms. The lowest BCUT2D eigenvalue weighted by Crippen LogP contribution is -2.51. The van der Waals surface area contributed by atoms with Crippen molar-refractivity contribution in [3.05, 3.63) is 28.9 Å². The summed E-state index contributed by atoms with van der Waals surface area (Å²) in [6.07, 6.45) is 5.40. The number of carbonyl (C=O) groups excluding carboxylic acids is 2. The van der Waals surface area contributed by atoms with Crippen molar-refractivity contribution in [2.45, 2.75) is 25.8 Å². The van der Waals surface area contributed by atoms with Gasteiger partial charge in [-0.15, -0.1) is 0 Å². The number of hydrogen-bond donors (Lipinski definition) is 0. The molecular weight excluding hydrogens is 324 g/mol. The summed E-state index contributed by atoms with van der Waals surface area (Å²) < 4.78 is 6.38. The molecule has 8 heteroatoms. The van der Waals surface area contributed by atoms with Crippen LogP contribution in [0.15, 0.2) is 23.3 Å². The third-order valence-corrected chi connectivity index (χ3v) is 5.18. The quantitative estimate of drug-likeness (QED) is 0.731. The van der Waals surface area contributed by atoms with Gasteiger partial charge in [-0.3, -0.25) is 14.2 Å². The van der Waals surface area contributed by atoms with Crippen LogP contribution in [0.1, 0.15) is 19.3 Å². The highest BCUT2D eigenvalue weighted by atomic mass is 16.5. The Morgan fingerprint density at radius 3 is 2.92 bits per heavy atom. The highest BCUT2D eigenvalue weighted by molar-refractivity contribution is 5.86. The average Bonchev–Trinajstić information content (AvgIpc) is 3.04. The molecule has 2 aliphatic rings. The smallest absolute Gasteiger partial charge is 0.347 e. The van der Waals surface area contributed by atoms with Crippen molar-refractivity contribution in [2.75, 3.05) is 39.9 Å². The molecular formula is C17H24N4O4. The van der Waals surface area contributed by atoms with Gasteiger partial charge < -0.3 is 14.5 Å². The Balaban J connectivity index is 1.66. The zero-order valence-corrected chi connectivity index (χ0v) is 14.5. The number of hydrogen-bond acceptors (Lipinski definition) is 5. The minimum Gasteiger partial charge on any atom is -0.383 e. The molecule has 1 spiro atoms. The first-order valence-electron chi connectivity index (χ1n) is 8.63. The van der Waals surface area contributed by atoms with Crippen molar-refractivity contribution < 1.29 is 14.3 Å². The Morgan fingerprint density at radius 1 is 1.32 bits per heavy atom. The van der Waals surface area contributed by atoms with Crippen LogP contribution in [0, 0.1) is 5.41 Å². The molecule has 0 bridgehead atoms. The summed E-state index contributed by atoms with van der Waals surface area (Å²) in [6, 6.07) is 1.62. The van der Waals surface area contributed by atoms with Gasteiger partial charge in [0.25, 0.3) is 0 Å². The molecule has 3 heterocycles. The average molecular weight is 348 g/mol. The zero-order chi connectivity index (χ0) is 17.9. The number of likely N-dealkylation sites (tertiary alicyclic amines) is 2. The fourth-order valence-electron chi connectivity index (χ4n) is 3.78. The van der Waals surface area contributed by atoms with Crippen molar-refractivity contribution in [3.63, 3.8) is 0 Å². The summed E-state index contributed by atoms with van der Waals surface area (Å²) >= 11 is 0. The number of nitrogens with zero attached hydrogens (tertiary/aromatic N) is 4. The van der Waals surface area contributed by atoms with Gasteiger partial charge >= 0.3 is 5.69 Å². The van der Waals surface area contributed by atoms with Crippen LogP contribution in [0.5, 0.6) is 0 Å². The van der Waals surface area contributed by atoms with Gasteiger partial charge in [0.15, 0.2) is 0 Å². The SMILES string of the molecule is COCCN1CCCC2(CCN(C(=O)Cn3cccnc3=O)C2)C1=O. The van der Waals surface area contributed by atoms with E-state index in [0.29, 0.717) is 32.7 Å². The van der Waals surface area contributed by atoms with E-state index in [1.54, 1.807) is 24.3 Å². The number of rotatable bonds is 5. The number of piperidine rings is 1. The lowest BCUT2D eigenvalue weighted by Gasteiger charge is -2.39. The monoisotopic (exact) mass is 348 g/mol. The minimum atomic E-state index is -0.471. The molecule has 1 aromatic heterocycles. The predicted octanol–water partition coefficient (Wildman–Crippen LogP) is -0.269. The first-order valence-corrected chi connectivity index (χ1v) is 8.63. The largest absolute Gasteiger partial charge is 0.383 e. The summed E-state index contributed by atoms with van der Waals surface area (Å²) in [5.41, 5.74) is -0.911. The summed E-state index contributed by atoms with van der Waals surface area (Å²) in [6.45, 7) is 2.82. The Kier molecular flexibility index (Phi) is 5.17. The molecule has 0 N–H and O–H groups in total. The van der Waals surface area contributed by atoms with E-state index in [2.05, 4.69) is 4.98 Å². The minimum absolute atomic E-state index is 0.0374. The first kappa shape index (κ1) is 17.6. The Labute approximate surface area is 146 Å². The molecule has 0 radical (unpaired) electrons. The molecule has 2 saturated heterocycles. The van der Waals surface area contributed by atoms with Gasteiger partial charge in [0.1, 0.15) is 6.54 Å². The van der Waals surface area contributed by atoms with Crippen LogP contribution >= 0.6 is 0 Å². The molecule has 2 amide bonds. The number of amides is 2. The van der Waals surface area contributed by atoms with Crippen LogP contribution in [0.3, 0.4) is 0 Å². The lowest BCUT2D eigenvalue weighted by molar-refractivity contribution is -0.146. The fraction of sp³-hybridized carbons (Fsp3) is 0.647. The molecule has 8 nitrogen and oxygen atoms in total. The van der Waals surface area contributed by atoms with Gasteiger partial charge in [-0.05, 0) is 25.3 Å². The molecule has 2 aliphatic heterocycles. The van der Waals surface area contributed by atoms with E-state index >= 15 is 0 Å². The van der Waals surface area contributed by atoms with Crippen LogP contribution < -0.4 is 5.69 Å². The van der Waals surface area contributed by atoms with E-state index in [1.807, 2.05) is 4.90 Å². The Bertz CT molecular complexity index is 704. The van der Waals surface area contributed by atoms with Crippen molar-refractivity contribution in [1.82, 2.24) is 19.4 Å². The lowest BCUT2D eigenvalue weighted by atomic mass is 9.78. The maximum atomic E-state index is 12.9. The van der Waals surface area contributed by atoms with Gasteiger partial charge in [0.2, 0.25) is 11.8 Å². The number of carbonyl (C=O) groups is 2. The van der Waals surface area contributed by atoms with Crippen LogP contribution in [-0.2, 0) is 20.9 Å². The second-order valence-corrected chi connectivity index (χ2v) is 6.76. The second kappa shape index (κ2) is 7.35. The molecule has 0 aliphatic carbocycles. The summed E-state index contributed by atoms with van der Waals surface area (Å²) in [5.74, 6) is -0.0153. The van der Waals surface area contributed by atoms with Gasteiger partial charge in [-0.25, -0.2) is 9.78 Å². The van der Waals surface area contributed by atoms with Gasteiger partial charge in [-0.2, -0.15) is 0 Å². The fourth-order valence-corrected chi connectivity index (χ4v) is 3.78. The third-order valence-electron chi connectivity index (χ3n) is 5.18. The van der Waals surface area contributed by atoms with Crippen molar-refractivity contribution in [3.8, 4) is 0 Å². The van der Waals surface area contributed by atoms with E-state index in [4.69, 9.17) is 4.74 Å². The summed E-state index contributed by atoms with van der Waals surface area (Å²) in [4.78, 5) is 44.3. The Morgan fingerprint density at radius 2 is 2.16 bits per heavy atom. The number of methoxy groups -OCH3 is 1. The van der Waals surface area contributed by atoms with Gasteiger partial charge in [0, 0.05) is 45.7 Å². The zero-order valence-electron chi connectivity index (χ0n) is 14.5. The van der Waals surface area contributed by atoms with E-state index in [0.717, 1.165) is 19.4 Å². The van der Waals surface area contributed by atoms with Crippen molar-refractivity contribution in [2.24, 2.45) is 5.41 Å². The Hall–Kier alpha value is -2.22. The molecule has 3 rings (SSSR count). The van der Waals surface area contributed by atoms with E-state index in [-0.39, 0.29) is 18.4 Å². The first-order chi connectivity index (χ1) is 12.1. The highest BCUT2D eigenvalue weighted by Gasteiger charge is 2.49. The molecule has 1 unspecified atom stereocenters. The van der Waals surface area contributed by atoms with Crippen LogP contribution in [0.25, 0.3) is 0 Å². The maximum Gasteiger partial charge on any atom is 0.347 e. The normalized spacial score (nSPS) is 23.5. The van der Waals surface area contributed by atoms with E-state index in [1.165, 1.54) is 10.8 Å². The number of ether oxygens (including phenoxy) is 1. The standard InChI is InChI=1S/C17H24N4O4/c1-25-11-10-19-7-2-4-17(15(19)23)5-9-21(13-17)14(22)12-20-8-3-6-18-16(20)24/h3,6,8H,2,4-5,7,9-13H2,1H3. The van der Waals surface area contributed by atoms with Crippen molar-refractivity contribution in [1.29, 1.82) is 0 Å². The third kappa shape index (κ3) is 3.58. The van der Waals surface area contributed by atoms with E-state index < -0.39 is 11.1 Å². The second-order valence-electron chi connectivity index (χ2n) is 6.76. The molecule has 2 fully saturated rings. The van der Waals surface area contributed by atoms with Crippen LogP contribution in [0.2, 0.25) is 0 Å². The van der Waals surface area contributed by atoms with Crippen molar-refractivity contribution >= 4 is 11.8 Å². The van der Waals surface area contributed by atoms with Crippen LogP contribution in [0.4, 0.5) is 0 Å². The summed E-state index contributed by atoms with van der Waals surface area (Å²) in [7, 11) is 1.63. The molecule has 0 saturated carbocycles. The molecule has 136 valence electrons. The molecule has 1 aromatic rings. The van der Waals surface area contributed by atoms with E-state index in [9.17, 15) is 14.4 Å². The van der Waals surface area contributed by atoms with Gasteiger partial charge in [0.05, 0.1) is 12.0 Å².